The summed E-state index contributed by atoms with van der Waals surface area (Å²) in [5.41, 5.74) is 0.888. The average molecular weight is 177 g/mol. The maximum absolute atomic E-state index is 11.0. The van der Waals surface area contributed by atoms with E-state index >= 15 is 0 Å². The minimum absolute atomic E-state index is 0.127. The fraction of sp³-hybridized carbons (Fsp3) is 0.125. The van der Waals surface area contributed by atoms with E-state index in [1.54, 1.807) is 13.9 Å². The molecule has 0 radical (unpaired) electrons. The fourth-order valence-corrected chi connectivity index (χ4v) is 1.09. The van der Waals surface area contributed by atoms with Crippen LogP contribution in [-0.2, 0) is 0 Å². The molecule has 0 bridgehead atoms. The van der Waals surface area contributed by atoms with Crippen LogP contribution in [0.5, 0.6) is 0 Å². The van der Waals surface area contributed by atoms with Gasteiger partial charge in [0.25, 0.3) is 5.69 Å². The van der Waals surface area contributed by atoms with Crippen molar-refractivity contribution in [3.63, 3.8) is 0 Å². The summed E-state index contributed by atoms with van der Waals surface area (Å²) in [6.07, 6.45) is 0. The van der Waals surface area contributed by atoms with E-state index in [-0.39, 0.29) is 17.0 Å². The average Bonchev–Trinajstić information content (AvgIpc) is 2.03. The van der Waals surface area contributed by atoms with E-state index < -0.39 is 4.92 Å². The largest absolute Gasteiger partial charge is 0.294 e. The lowest BCUT2D eigenvalue weighted by Crippen LogP contribution is -2.08. The Labute approximate surface area is 76.1 Å². The topological polar surface area (TPSA) is 60.2 Å². The Bertz CT molecular complexity index is 376. The molecule has 0 atom stereocenters. The van der Waals surface area contributed by atoms with Gasteiger partial charge in [-0.1, -0.05) is 17.6 Å². The quantitative estimate of drug-likeness (QED) is 0.277. The maximum Gasteiger partial charge on any atom is 0.280 e. The minimum atomic E-state index is -0.545. The van der Waals surface area contributed by atoms with Crippen LogP contribution in [0.1, 0.15) is 17.3 Å². The lowest BCUT2D eigenvalue weighted by molar-refractivity contribution is -0.385. The van der Waals surface area contributed by atoms with Crippen LogP contribution < -0.4 is 5.46 Å². The van der Waals surface area contributed by atoms with Gasteiger partial charge in [-0.05, 0) is 6.92 Å². The lowest BCUT2D eigenvalue weighted by atomic mass is 9.93. The first-order valence-corrected chi connectivity index (χ1v) is 3.78. The van der Waals surface area contributed by atoms with Gasteiger partial charge in [0, 0.05) is 6.07 Å². The van der Waals surface area contributed by atoms with Gasteiger partial charge in [-0.15, -0.1) is 0 Å². The number of benzene rings is 1. The molecule has 0 fully saturated rings. The molecule has 66 valence electrons. The summed E-state index contributed by atoms with van der Waals surface area (Å²) in [6.45, 7) is 1.32. The Balaban J connectivity index is 3.35. The SMILES string of the molecule is Bc1ccc([N+](=O)[O-])c(C(C)=O)c1. The molecule has 1 aromatic carbocycles. The van der Waals surface area contributed by atoms with Crippen LogP contribution in [0.25, 0.3) is 0 Å². The van der Waals surface area contributed by atoms with Crippen molar-refractivity contribution in [3.8, 4) is 0 Å². The zero-order valence-corrected chi connectivity index (χ0v) is 7.40. The molecular formula is C8H8BNO3. The molecule has 0 amide bonds. The summed E-state index contributed by atoms with van der Waals surface area (Å²) in [7, 11) is 1.79. The molecular weight excluding hydrogens is 169 g/mol. The molecule has 0 aliphatic rings. The van der Waals surface area contributed by atoms with Gasteiger partial charge in [0.05, 0.1) is 10.5 Å². The van der Waals surface area contributed by atoms with Crippen LogP contribution in [0.3, 0.4) is 0 Å². The summed E-state index contributed by atoms with van der Waals surface area (Å²) in [5, 5.41) is 10.5. The second-order valence-electron chi connectivity index (χ2n) is 2.83. The second-order valence-corrected chi connectivity index (χ2v) is 2.83. The Morgan fingerprint density at radius 2 is 2.15 bits per heavy atom. The number of rotatable bonds is 2. The first-order valence-electron chi connectivity index (χ1n) is 3.78. The third-order valence-corrected chi connectivity index (χ3v) is 1.73. The summed E-state index contributed by atoms with van der Waals surface area (Å²) in [6, 6.07) is 4.50. The molecule has 0 aromatic heterocycles. The molecule has 0 saturated heterocycles. The second kappa shape index (κ2) is 3.39. The van der Waals surface area contributed by atoms with Crippen LogP contribution in [-0.4, -0.2) is 18.6 Å². The van der Waals surface area contributed by atoms with E-state index in [9.17, 15) is 14.9 Å². The van der Waals surface area contributed by atoms with Gasteiger partial charge in [-0.2, -0.15) is 0 Å². The van der Waals surface area contributed by atoms with Crippen molar-refractivity contribution < 1.29 is 9.72 Å². The number of nitro benzene ring substituents is 1. The van der Waals surface area contributed by atoms with Crippen LogP contribution in [0, 0.1) is 10.1 Å². The molecule has 5 heteroatoms. The monoisotopic (exact) mass is 177 g/mol. The third-order valence-electron chi connectivity index (χ3n) is 1.73. The summed E-state index contributed by atoms with van der Waals surface area (Å²) in [4.78, 5) is 21.0. The highest BCUT2D eigenvalue weighted by Crippen LogP contribution is 2.16. The predicted molar refractivity (Wildman–Crippen MR) is 51.3 cm³/mol. The van der Waals surface area contributed by atoms with Crippen LogP contribution >= 0.6 is 0 Å². The van der Waals surface area contributed by atoms with Crippen LogP contribution in [0.2, 0.25) is 0 Å². The Morgan fingerprint density at radius 1 is 1.54 bits per heavy atom. The first kappa shape index (κ1) is 9.44. The number of nitro groups is 1. The molecule has 0 aliphatic carbocycles. The van der Waals surface area contributed by atoms with Gasteiger partial charge in [0.15, 0.2) is 5.78 Å². The van der Waals surface area contributed by atoms with Crippen molar-refractivity contribution in [3.05, 3.63) is 33.9 Å². The van der Waals surface area contributed by atoms with Crippen molar-refractivity contribution in [1.29, 1.82) is 0 Å². The minimum Gasteiger partial charge on any atom is -0.294 e. The molecule has 1 rings (SSSR count). The molecule has 1 aromatic rings. The van der Waals surface area contributed by atoms with E-state index in [4.69, 9.17) is 0 Å². The van der Waals surface area contributed by atoms with E-state index in [1.165, 1.54) is 19.1 Å². The van der Waals surface area contributed by atoms with E-state index in [2.05, 4.69) is 0 Å². The number of ketones is 1. The number of nitrogens with zero attached hydrogens (tertiary/aromatic N) is 1. The summed E-state index contributed by atoms with van der Waals surface area (Å²) in [5.74, 6) is -0.282. The van der Waals surface area contributed by atoms with E-state index in [0.717, 1.165) is 5.46 Å². The number of hydrogen-bond donors (Lipinski definition) is 0. The van der Waals surface area contributed by atoms with Crippen LogP contribution in [0.15, 0.2) is 18.2 Å². The highest BCUT2D eigenvalue weighted by atomic mass is 16.6. The van der Waals surface area contributed by atoms with Crippen LogP contribution in [0.4, 0.5) is 5.69 Å². The molecule has 0 aliphatic heterocycles. The van der Waals surface area contributed by atoms with Gasteiger partial charge in [-0.3, -0.25) is 14.9 Å². The normalized spacial score (nSPS) is 9.62. The zero-order valence-electron chi connectivity index (χ0n) is 7.40. The Kier molecular flexibility index (Phi) is 2.46. The standard InChI is InChI=1S/C8H8BNO3/c1-5(11)7-4-6(9)2-3-8(7)10(12)13/h2-4H,9H2,1H3. The van der Waals surface area contributed by atoms with Crippen molar-refractivity contribution in [2.75, 3.05) is 0 Å². The smallest absolute Gasteiger partial charge is 0.280 e. The number of hydrogen-bond acceptors (Lipinski definition) is 3. The predicted octanol–water partition coefficient (Wildman–Crippen LogP) is 0.0558. The van der Waals surface area contributed by atoms with Crippen molar-refractivity contribution in [1.82, 2.24) is 0 Å². The zero-order chi connectivity index (χ0) is 10.0. The third kappa shape index (κ3) is 1.93. The number of carbonyl (C=O) groups excluding carboxylic acids is 1. The molecule has 13 heavy (non-hydrogen) atoms. The molecule has 0 spiro atoms. The van der Waals surface area contributed by atoms with Gasteiger partial charge in [-0.25, -0.2) is 0 Å². The highest BCUT2D eigenvalue weighted by Gasteiger charge is 2.16. The Hall–Kier alpha value is -1.65. The number of Topliss-reactive ketones (excluding diaryl/α,β-unsaturated/α-hetero) is 1. The van der Waals surface area contributed by atoms with E-state index in [0.29, 0.717) is 0 Å². The summed E-state index contributed by atoms with van der Waals surface area (Å²) >= 11 is 0. The van der Waals surface area contributed by atoms with Gasteiger partial charge in [0.1, 0.15) is 7.85 Å². The molecule has 4 nitrogen and oxygen atoms in total. The fourth-order valence-electron chi connectivity index (χ4n) is 1.09. The first-order chi connectivity index (χ1) is 6.02. The lowest BCUT2D eigenvalue weighted by Gasteiger charge is -1.99. The van der Waals surface area contributed by atoms with Crippen molar-refractivity contribution >= 4 is 24.8 Å². The van der Waals surface area contributed by atoms with Gasteiger partial charge < -0.3 is 0 Å². The molecule has 0 unspecified atom stereocenters. The van der Waals surface area contributed by atoms with Crippen molar-refractivity contribution in [2.45, 2.75) is 6.92 Å². The van der Waals surface area contributed by atoms with Gasteiger partial charge in [0.2, 0.25) is 0 Å². The molecule has 0 heterocycles. The molecule has 0 saturated carbocycles. The highest BCUT2D eigenvalue weighted by molar-refractivity contribution is 6.32. The Morgan fingerprint density at radius 3 is 2.62 bits per heavy atom. The van der Waals surface area contributed by atoms with Gasteiger partial charge >= 0.3 is 0 Å². The maximum atomic E-state index is 11.0. The molecule has 0 N–H and O–H groups in total. The van der Waals surface area contributed by atoms with Crippen molar-refractivity contribution in [2.24, 2.45) is 0 Å². The number of carbonyl (C=O) groups is 1. The summed E-state index contributed by atoms with van der Waals surface area (Å²) < 4.78 is 0. The van der Waals surface area contributed by atoms with E-state index in [1.807, 2.05) is 0 Å².